The molecule has 1 N–H and O–H groups in total. The lowest BCUT2D eigenvalue weighted by Gasteiger charge is -2.39. The molecular weight excluding hydrogens is 585 g/mol. The number of rotatable bonds is 7. The number of halogens is 1. The Morgan fingerprint density at radius 2 is 1.93 bits per heavy atom. The molecule has 3 aromatic rings. The summed E-state index contributed by atoms with van der Waals surface area (Å²) >= 11 is 0. The third kappa shape index (κ3) is 7.77. The van der Waals surface area contributed by atoms with Gasteiger partial charge in [0.15, 0.2) is 12.0 Å². The summed E-state index contributed by atoms with van der Waals surface area (Å²) in [5, 5.41) is 11.6. The number of aromatic nitrogens is 3. The zero-order chi connectivity index (χ0) is 33.2. The van der Waals surface area contributed by atoms with Crippen LogP contribution in [0.3, 0.4) is 0 Å². The molecule has 46 heavy (non-hydrogen) atoms. The molecule has 0 spiro atoms. The highest BCUT2D eigenvalue weighted by atomic mass is 19.1. The van der Waals surface area contributed by atoms with Crippen molar-refractivity contribution >= 4 is 18.0 Å². The molecular formula is C36H42FN5O4. The van der Waals surface area contributed by atoms with Gasteiger partial charge < -0.3 is 14.2 Å². The summed E-state index contributed by atoms with van der Waals surface area (Å²) in [6.45, 7) is 13.4. The number of aryl methyl sites for hydroxylation is 1. The number of carbonyl (C=O) groups is 1. The van der Waals surface area contributed by atoms with Gasteiger partial charge in [0.05, 0.1) is 35.7 Å². The Kier molecular flexibility index (Phi) is 9.57. The minimum Gasteiger partial charge on any atom is -0.460 e. The molecule has 2 atom stereocenters. The van der Waals surface area contributed by atoms with Gasteiger partial charge in [0.1, 0.15) is 11.4 Å². The number of nitrogens with one attached hydrogen (secondary N) is 1. The van der Waals surface area contributed by atoms with Gasteiger partial charge in [0, 0.05) is 23.7 Å². The Labute approximate surface area is 270 Å². The van der Waals surface area contributed by atoms with Crippen molar-refractivity contribution in [3.8, 4) is 28.6 Å². The Balaban J connectivity index is 1.60. The van der Waals surface area contributed by atoms with Crippen molar-refractivity contribution < 1.29 is 23.4 Å². The number of nitrogens with zero attached hydrogens (tertiary/aromatic N) is 4. The molecule has 0 amide bonds. The SMILES string of the molecule is CC(C)c1nc2c(c(-c3ccc(F)cc3)c1C=C[C@@H]1C[C@H](CC(=O)OC(C)(C)C)OC(C)(C)O1)CCCc1nc(NC#N)ncc1-2. The molecule has 1 fully saturated rings. The quantitative estimate of drug-likeness (QED) is 0.161. The monoisotopic (exact) mass is 627 g/mol. The van der Waals surface area contributed by atoms with Crippen molar-refractivity contribution in [1.82, 2.24) is 15.0 Å². The van der Waals surface area contributed by atoms with Gasteiger partial charge in [-0.3, -0.25) is 15.1 Å². The maximum atomic E-state index is 14.2. The molecule has 2 aromatic heterocycles. The molecule has 5 rings (SSSR count). The van der Waals surface area contributed by atoms with E-state index in [1.165, 1.54) is 12.1 Å². The van der Waals surface area contributed by atoms with E-state index in [9.17, 15) is 9.18 Å². The minimum absolute atomic E-state index is 0.0447. The molecule has 1 aromatic carbocycles. The van der Waals surface area contributed by atoms with E-state index in [0.29, 0.717) is 12.8 Å². The van der Waals surface area contributed by atoms with Crippen LogP contribution in [0.2, 0.25) is 0 Å². The van der Waals surface area contributed by atoms with Crippen LogP contribution < -0.4 is 5.32 Å². The maximum absolute atomic E-state index is 14.2. The van der Waals surface area contributed by atoms with E-state index in [4.69, 9.17) is 24.5 Å². The lowest BCUT2D eigenvalue weighted by Crippen LogP contribution is -2.45. The Morgan fingerprint density at radius 1 is 1.20 bits per heavy atom. The first kappa shape index (κ1) is 33.2. The van der Waals surface area contributed by atoms with Crippen LogP contribution in [-0.4, -0.2) is 44.5 Å². The highest BCUT2D eigenvalue weighted by Crippen LogP contribution is 2.42. The number of carbonyl (C=O) groups excluding carboxylic acids is 1. The summed E-state index contributed by atoms with van der Waals surface area (Å²) in [4.78, 5) is 26.9. The second kappa shape index (κ2) is 13.3. The van der Waals surface area contributed by atoms with Gasteiger partial charge in [-0.05, 0) is 88.6 Å². The lowest BCUT2D eigenvalue weighted by atomic mass is 9.86. The van der Waals surface area contributed by atoms with E-state index < -0.39 is 11.4 Å². The van der Waals surface area contributed by atoms with Crippen molar-refractivity contribution in [2.24, 2.45) is 0 Å². The molecule has 242 valence electrons. The second-order valence-corrected chi connectivity index (χ2v) is 13.6. The highest BCUT2D eigenvalue weighted by Gasteiger charge is 2.36. The van der Waals surface area contributed by atoms with Gasteiger partial charge in [-0.2, -0.15) is 5.26 Å². The predicted octanol–water partition coefficient (Wildman–Crippen LogP) is 7.50. The smallest absolute Gasteiger partial charge is 0.308 e. The molecule has 1 saturated heterocycles. The van der Waals surface area contributed by atoms with Crippen molar-refractivity contribution in [3.05, 3.63) is 64.9 Å². The van der Waals surface area contributed by atoms with E-state index in [1.54, 1.807) is 18.3 Å². The van der Waals surface area contributed by atoms with E-state index in [1.807, 2.05) is 46.9 Å². The summed E-state index contributed by atoms with van der Waals surface area (Å²) in [5.41, 5.74) is 6.58. The molecule has 0 radical (unpaired) electrons. The fraction of sp³-hybridized carbons (Fsp3) is 0.472. The number of benzene rings is 1. The summed E-state index contributed by atoms with van der Waals surface area (Å²) in [6, 6.07) is 6.56. The van der Waals surface area contributed by atoms with Gasteiger partial charge >= 0.3 is 5.97 Å². The molecule has 3 heterocycles. The molecule has 2 aliphatic rings. The zero-order valence-electron chi connectivity index (χ0n) is 27.6. The van der Waals surface area contributed by atoms with Crippen LogP contribution in [0.15, 0.2) is 36.5 Å². The van der Waals surface area contributed by atoms with Crippen molar-refractivity contribution in [2.75, 3.05) is 5.32 Å². The van der Waals surface area contributed by atoms with E-state index >= 15 is 0 Å². The molecule has 9 nitrogen and oxygen atoms in total. The molecule has 0 saturated carbocycles. The highest BCUT2D eigenvalue weighted by molar-refractivity contribution is 5.85. The van der Waals surface area contributed by atoms with Gasteiger partial charge in [0.25, 0.3) is 0 Å². The second-order valence-electron chi connectivity index (χ2n) is 13.6. The van der Waals surface area contributed by atoms with Crippen molar-refractivity contribution in [2.45, 2.75) is 110 Å². The zero-order valence-corrected chi connectivity index (χ0v) is 27.6. The first-order chi connectivity index (χ1) is 21.7. The third-order valence-corrected chi connectivity index (χ3v) is 7.85. The molecule has 10 heteroatoms. The van der Waals surface area contributed by atoms with E-state index in [2.05, 4.69) is 35.2 Å². The number of nitriles is 1. The van der Waals surface area contributed by atoms with Crippen molar-refractivity contribution in [1.29, 1.82) is 5.26 Å². The number of hydrogen-bond acceptors (Lipinski definition) is 9. The van der Waals surface area contributed by atoms with E-state index in [-0.39, 0.29) is 42.3 Å². The van der Waals surface area contributed by atoms with Crippen molar-refractivity contribution in [3.63, 3.8) is 0 Å². The average molecular weight is 628 g/mol. The van der Waals surface area contributed by atoms with Crippen LogP contribution in [0.4, 0.5) is 10.3 Å². The van der Waals surface area contributed by atoms with Crippen LogP contribution in [0, 0.1) is 17.3 Å². The fourth-order valence-corrected chi connectivity index (χ4v) is 6.19. The topological polar surface area (TPSA) is 119 Å². The Hall–Kier alpha value is -4.20. The maximum Gasteiger partial charge on any atom is 0.308 e. The van der Waals surface area contributed by atoms with Gasteiger partial charge in [0.2, 0.25) is 5.95 Å². The molecule has 1 aliphatic heterocycles. The Morgan fingerprint density at radius 3 is 2.61 bits per heavy atom. The largest absolute Gasteiger partial charge is 0.460 e. The van der Waals surface area contributed by atoms with Crippen LogP contribution in [0.5, 0.6) is 0 Å². The summed E-state index contributed by atoms with van der Waals surface area (Å²) in [7, 11) is 0. The number of anilines is 1. The first-order valence-corrected chi connectivity index (χ1v) is 15.8. The van der Waals surface area contributed by atoms with Gasteiger partial charge in [-0.15, -0.1) is 0 Å². The molecule has 1 aliphatic carbocycles. The van der Waals surface area contributed by atoms with Crippen LogP contribution in [-0.2, 0) is 31.8 Å². The van der Waals surface area contributed by atoms with Crippen LogP contribution in [0.25, 0.3) is 28.5 Å². The number of esters is 1. The number of ether oxygens (including phenoxy) is 3. The fourth-order valence-electron chi connectivity index (χ4n) is 6.19. The van der Waals surface area contributed by atoms with Crippen LogP contribution in [0.1, 0.15) is 96.2 Å². The number of pyridine rings is 1. The number of hydrogen-bond donors (Lipinski definition) is 1. The standard InChI is InChI=1S/C36H42FN5O4/c1-21(2)32-27(16-15-24-17-25(45-36(6,7)44-24)18-30(43)46-35(3,4)5)31(22-11-13-23(37)14-12-22)26-9-8-10-29-28(33(26)42-32)19-39-34(41-29)40-20-38/h11-16,19,21,24-25H,8-10,17-18H2,1-7H3,(H,39,40,41)/t24-,25-/m1/s1. The third-order valence-electron chi connectivity index (χ3n) is 7.85. The predicted molar refractivity (Wildman–Crippen MR) is 174 cm³/mol. The lowest BCUT2D eigenvalue weighted by molar-refractivity contribution is -0.290. The molecule has 0 bridgehead atoms. The Bertz CT molecular complexity index is 1670. The minimum atomic E-state index is -0.907. The normalized spacial score (nSPS) is 19.2. The summed E-state index contributed by atoms with van der Waals surface area (Å²) in [5.74, 6) is -1.22. The molecule has 0 unspecified atom stereocenters. The van der Waals surface area contributed by atoms with E-state index in [0.717, 1.165) is 57.7 Å². The first-order valence-electron chi connectivity index (χ1n) is 15.8. The summed E-state index contributed by atoms with van der Waals surface area (Å²) < 4.78 is 32.1. The van der Waals surface area contributed by atoms with Crippen LogP contribution >= 0.6 is 0 Å². The number of fused-ring (bicyclic) bond motifs is 3. The van der Waals surface area contributed by atoms with Gasteiger partial charge in [-0.25, -0.2) is 14.4 Å². The van der Waals surface area contributed by atoms with Gasteiger partial charge in [-0.1, -0.05) is 38.1 Å². The average Bonchev–Trinajstić information content (AvgIpc) is 3.13. The summed E-state index contributed by atoms with van der Waals surface area (Å²) in [6.07, 6.45) is 9.82.